The summed E-state index contributed by atoms with van der Waals surface area (Å²) >= 11 is 0. The molecule has 4 aliphatic rings. The van der Waals surface area contributed by atoms with Crippen molar-refractivity contribution in [1.29, 1.82) is 0 Å². The lowest BCUT2D eigenvalue weighted by Crippen LogP contribution is -2.52. The highest BCUT2D eigenvalue weighted by Gasteiger charge is 2.51. The van der Waals surface area contributed by atoms with Crippen LogP contribution in [0.4, 0.5) is 23.7 Å². The maximum atomic E-state index is 13.5. The number of allylic oxidation sites excluding steroid dienone is 1. The third-order valence-electron chi connectivity index (χ3n) is 9.66. The highest BCUT2D eigenvalue weighted by molar-refractivity contribution is 5.94. The largest absolute Gasteiger partial charge is 0.416 e. The first-order valence-corrected chi connectivity index (χ1v) is 15.0. The van der Waals surface area contributed by atoms with Gasteiger partial charge in [-0.15, -0.1) is 0 Å². The van der Waals surface area contributed by atoms with Crippen LogP contribution in [0.2, 0.25) is 0 Å². The molecule has 42 heavy (non-hydrogen) atoms. The van der Waals surface area contributed by atoms with Gasteiger partial charge in [-0.2, -0.15) is 13.2 Å². The molecule has 0 radical (unpaired) electrons. The van der Waals surface area contributed by atoms with E-state index < -0.39 is 11.7 Å². The minimum Gasteiger partial charge on any atom is -0.336 e. The van der Waals surface area contributed by atoms with Gasteiger partial charge in [0.25, 0.3) is 5.91 Å². The Labute approximate surface area is 246 Å². The highest BCUT2D eigenvalue weighted by Crippen LogP contribution is 2.59. The monoisotopic (exact) mass is 582 g/mol. The summed E-state index contributed by atoms with van der Waals surface area (Å²) in [6, 6.07) is 12.0. The van der Waals surface area contributed by atoms with Crippen molar-refractivity contribution in [3.8, 4) is 0 Å². The summed E-state index contributed by atoms with van der Waals surface area (Å²) in [6.45, 7) is 11.0. The lowest BCUT2D eigenvalue weighted by Gasteiger charge is -2.57. The minimum absolute atomic E-state index is 0.0421. The van der Waals surface area contributed by atoms with Gasteiger partial charge in [0.1, 0.15) is 0 Å². The predicted molar refractivity (Wildman–Crippen MR) is 158 cm³/mol. The predicted octanol–water partition coefficient (Wildman–Crippen LogP) is 6.55. The van der Waals surface area contributed by atoms with Gasteiger partial charge >= 0.3 is 12.2 Å². The fourth-order valence-electron chi connectivity index (χ4n) is 6.58. The average molecular weight is 583 g/mol. The molecule has 0 spiro atoms. The van der Waals surface area contributed by atoms with E-state index in [-0.39, 0.29) is 17.4 Å². The molecule has 3 amide bonds. The number of hydrogen-bond acceptors (Lipinski definition) is 3. The number of carbonyl (C=O) groups excluding carboxylic acids is 2. The van der Waals surface area contributed by atoms with Crippen LogP contribution in [-0.4, -0.2) is 72.5 Å². The number of hydrogen-bond donors (Lipinski definition) is 1. The number of fused-ring (bicyclic) bond motifs is 1. The summed E-state index contributed by atoms with van der Waals surface area (Å²) < 4.78 is 39.0. The van der Waals surface area contributed by atoms with Crippen molar-refractivity contribution in [2.75, 3.05) is 51.1 Å². The van der Waals surface area contributed by atoms with E-state index in [2.05, 4.69) is 37.1 Å². The normalized spacial score (nSPS) is 21.8. The van der Waals surface area contributed by atoms with E-state index in [1.54, 1.807) is 4.90 Å². The number of halogens is 3. The molecule has 6 rings (SSSR count). The van der Waals surface area contributed by atoms with Crippen molar-refractivity contribution in [1.82, 2.24) is 14.7 Å². The molecule has 1 aliphatic heterocycles. The van der Waals surface area contributed by atoms with Gasteiger partial charge in [0, 0.05) is 57.1 Å². The lowest BCUT2D eigenvalue weighted by atomic mass is 9.49. The fourth-order valence-corrected chi connectivity index (χ4v) is 6.58. The van der Waals surface area contributed by atoms with Crippen LogP contribution in [0.5, 0.6) is 0 Å². The summed E-state index contributed by atoms with van der Waals surface area (Å²) in [5, 5.41) is 2.82. The van der Waals surface area contributed by atoms with Gasteiger partial charge in [-0.05, 0) is 78.5 Å². The second kappa shape index (κ2) is 12.1. The van der Waals surface area contributed by atoms with Gasteiger partial charge in [-0.3, -0.25) is 9.69 Å². The topological polar surface area (TPSA) is 55.9 Å². The van der Waals surface area contributed by atoms with Crippen LogP contribution in [0.1, 0.15) is 55.1 Å². The SMILES string of the molecule is CCc1ccc(C(=O)N2CCN(CCN(CC3=CCC4CC3C4(C)C)C(=O)Nc3ccc(C(F)(F)F)cc3)CC2)cc1. The number of piperazine rings is 1. The number of rotatable bonds is 8. The summed E-state index contributed by atoms with van der Waals surface area (Å²) in [4.78, 5) is 32.4. The van der Waals surface area contributed by atoms with Gasteiger partial charge < -0.3 is 15.1 Å². The van der Waals surface area contributed by atoms with E-state index in [4.69, 9.17) is 0 Å². The first-order chi connectivity index (χ1) is 20.0. The molecule has 2 unspecified atom stereocenters. The van der Waals surface area contributed by atoms with Crippen molar-refractivity contribution >= 4 is 17.6 Å². The summed E-state index contributed by atoms with van der Waals surface area (Å²) in [5.41, 5.74) is 2.98. The van der Waals surface area contributed by atoms with E-state index in [0.717, 1.165) is 31.4 Å². The van der Waals surface area contributed by atoms with Crippen LogP contribution < -0.4 is 5.32 Å². The Balaban J connectivity index is 1.20. The molecule has 226 valence electrons. The van der Waals surface area contributed by atoms with Gasteiger partial charge in [0.05, 0.1) is 5.56 Å². The summed E-state index contributed by atoms with van der Waals surface area (Å²) in [6.07, 6.45) is 0.946. The average Bonchev–Trinajstić information content (AvgIpc) is 2.99. The number of urea groups is 1. The molecule has 1 heterocycles. The molecule has 0 aromatic heterocycles. The third-order valence-corrected chi connectivity index (χ3v) is 9.66. The number of alkyl halides is 3. The highest BCUT2D eigenvalue weighted by atomic mass is 19.4. The second-order valence-electron chi connectivity index (χ2n) is 12.4. The molecule has 1 saturated carbocycles. The maximum absolute atomic E-state index is 13.5. The number of anilines is 1. The molecule has 2 aromatic carbocycles. The number of carbonyl (C=O) groups is 2. The van der Waals surface area contributed by atoms with Crippen LogP contribution in [0.25, 0.3) is 0 Å². The number of amides is 3. The number of nitrogens with zero attached hydrogens (tertiary/aromatic N) is 3. The second-order valence-corrected chi connectivity index (χ2v) is 12.4. The molecular weight excluding hydrogens is 541 g/mol. The standard InChI is InChI=1S/C33H41F3N4O2/c1-4-23-5-7-24(8-6-23)30(41)39-18-15-38(16-19-39)17-20-40(22-25-9-10-27-21-29(25)32(27,2)3)31(42)37-28-13-11-26(12-14-28)33(34,35)36/h5-9,11-14,27,29H,4,10,15-22H2,1-3H3,(H,37,42). The molecule has 2 fully saturated rings. The zero-order chi connectivity index (χ0) is 30.1. The Morgan fingerprint density at radius 3 is 2.24 bits per heavy atom. The Bertz CT molecular complexity index is 1300. The Hall–Kier alpha value is -3.33. The van der Waals surface area contributed by atoms with Crippen molar-refractivity contribution < 1.29 is 22.8 Å². The van der Waals surface area contributed by atoms with Gasteiger partial charge in [0.15, 0.2) is 0 Å². The summed E-state index contributed by atoms with van der Waals surface area (Å²) in [7, 11) is 0. The van der Waals surface area contributed by atoms with E-state index in [1.165, 1.54) is 23.3 Å². The molecule has 6 nitrogen and oxygen atoms in total. The molecule has 1 saturated heterocycles. The molecular formula is C33H41F3N4O2. The number of benzene rings is 2. The fraction of sp³-hybridized carbons (Fsp3) is 0.515. The minimum atomic E-state index is -4.43. The quantitative estimate of drug-likeness (QED) is 0.359. The van der Waals surface area contributed by atoms with Gasteiger partial charge in [-0.25, -0.2) is 4.79 Å². The first-order valence-electron chi connectivity index (χ1n) is 15.0. The zero-order valence-electron chi connectivity index (χ0n) is 24.7. The smallest absolute Gasteiger partial charge is 0.336 e. The van der Waals surface area contributed by atoms with Crippen molar-refractivity contribution in [2.45, 2.75) is 46.2 Å². The van der Waals surface area contributed by atoms with Gasteiger partial charge in [0.2, 0.25) is 0 Å². The summed E-state index contributed by atoms with van der Waals surface area (Å²) in [5.74, 6) is 1.17. The van der Waals surface area contributed by atoms with Crippen LogP contribution in [-0.2, 0) is 12.6 Å². The third kappa shape index (κ3) is 6.51. The van der Waals surface area contributed by atoms with E-state index in [9.17, 15) is 22.8 Å². The Morgan fingerprint density at radius 2 is 1.67 bits per heavy atom. The number of aryl methyl sites for hydroxylation is 1. The van der Waals surface area contributed by atoms with Crippen molar-refractivity contribution in [2.24, 2.45) is 17.3 Å². The van der Waals surface area contributed by atoms with E-state index in [1.807, 2.05) is 29.2 Å². The molecule has 2 bridgehead atoms. The van der Waals surface area contributed by atoms with E-state index in [0.29, 0.717) is 68.9 Å². The maximum Gasteiger partial charge on any atom is 0.416 e. The van der Waals surface area contributed by atoms with Gasteiger partial charge in [-0.1, -0.05) is 44.6 Å². The van der Waals surface area contributed by atoms with Crippen LogP contribution in [0.15, 0.2) is 60.2 Å². The Kier molecular flexibility index (Phi) is 8.69. The van der Waals surface area contributed by atoms with E-state index >= 15 is 0 Å². The molecule has 9 heteroatoms. The molecule has 3 aliphatic carbocycles. The van der Waals surface area contributed by atoms with Crippen LogP contribution >= 0.6 is 0 Å². The zero-order valence-corrected chi connectivity index (χ0v) is 24.7. The number of nitrogens with one attached hydrogen (secondary N) is 1. The molecule has 2 atom stereocenters. The first kappa shape index (κ1) is 30.1. The van der Waals surface area contributed by atoms with Crippen molar-refractivity contribution in [3.63, 3.8) is 0 Å². The lowest BCUT2D eigenvalue weighted by molar-refractivity contribution is -0.137. The van der Waals surface area contributed by atoms with Crippen LogP contribution in [0.3, 0.4) is 0 Å². The Morgan fingerprint density at radius 1 is 1.00 bits per heavy atom. The van der Waals surface area contributed by atoms with Crippen molar-refractivity contribution in [3.05, 3.63) is 76.9 Å². The molecule has 2 aromatic rings. The molecule has 1 N–H and O–H groups in total. The van der Waals surface area contributed by atoms with Crippen LogP contribution in [0, 0.1) is 17.3 Å².